The molecule has 1 unspecified atom stereocenters. The van der Waals surface area contributed by atoms with Crippen LogP contribution < -0.4 is 23.8 Å². The van der Waals surface area contributed by atoms with Crippen molar-refractivity contribution in [3.8, 4) is 17.2 Å². The van der Waals surface area contributed by atoms with Crippen LogP contribution in [0.25, 0.3) is 0 Å². The molecule has 4 rings (SSSR count). The minimum absolute atomic E-state index is 0.0996. The zero-order valence-corrected chi connectivity index (χ0v) is 21.7. The van der Waals surface area contributed by atoms with Gasteiger partial charge in [0.2, 0.25) is 5.91 Å². The van der Waals surface area contributed by atoms with Crippen molar-refractivity contribution in [1.29, 1.82) is 0 Å². The number of amides is 1. The molecule has 1 atom stereocenters. The summed E-state index contributed by atoms with van der Waals surface area (Å²) in [6, 6.07) is 14.6. The largest absolute Gasteiger partial charge is 0.497 e. The molecule has 0 spiro atoms. The number of hydrogen-bond donors (Lipinski definition) is 1. The lowest BCUT2D eigenvalue weighted by Crippen LogP contribution is -2.42. The number of rotatable bonds is 9. The van der Waals surface area contributed by atoms with Crippen molar-refractivity contribution in [1.82, 2.24) is 5.32 Å². The molecule has 1 N–H and O–H groups in total. The predicted molar refractivity (Wildman–Crippen MR) is 137 cm³/mol. The maximum absolute atomic E-state index is 13.7. The molecule has 1 aliphatic carbocycles. The van der Waals surface area contributed by atoms with E-state index in [1.54, 1.807) is 7.11 Å². The summed E-state index contributed by atoms with van der Waals surface area (Å²) in [5, 5.41) is 2.98. The highest BCUT2D eigenvalue weighted by molar-refractivity contribution is 7.92. The molecule has 1 aliphatic rings. The topological polar surface area (TPSA) is 94.2 Å². The van der Waals surface area contributed by atoms with E-state index in [9.17, 15) is 17.6 Å². The third-order valence-electron chi connectivity index (χ3n) is 6.34. The lowest BCUT2D eigenvalue weighted by Gasteiger charge is -2.29. The van der Waals surface area contributed by atoms with Crippen LogP contribution in [0.1, 0.15) is 30.0 Å². The summed E-state index contributed by atoms with van der Waals surface area (Å²) < 4.78 is 57.8. The highest BCUT2D eigenvalue weighted by Crippen LogP contribution is 2.34. The number of anilines is 1. The van der Waals surface area contributed by atoms with E-state index in [1.807, 2.05) is 18.2 Å². The zero-order chi connectivity index (χ0) is 26.6. The molecule has 0 aromatic heterocycles. The molecule has 0 saturated heterocycles. The molecule has 37 heavy (non-hydrogen) atoms. The van der Waals surface area contributed by atoms with Gasteiger partial charge >= 0.3 is 0 Å². The number of benzene rings is 3. The lowest BCUT2D eigenvalue weighted by atomic mass is 9.87. The number of fused-ring (bicyclic) bond motifs is 1. The molecule has 0 heterocycles. The Kier molecular flexibility index (Phi) is 7.87. The molecule has 3 aromatic rings. The van der Waals surface area contributed by atoms with Crippen LogP contribution in [-0.2, 0) is 21.2 Å². The number of ether oxygens (including phenoxy) is 3. The number of carbonyl (C=O) groups excluding carboxylic acids is 1. The van der Waals surface area contributed by atoms with Crippen LogP contribution in [0.3, 0.4) is 0 Å². The molecule has 0 saturated carbocycles. The number of hydrogen-bond acceptors (Lipinski definition) is 6. The summed E-state index contributed by atoms with van der Waals surface area (Å²) in [6.07, 6.45) is 2.47. The first-order chi connectivity index (χ1) is 17.8. The van der Waals surface area contributed by atoms with Gasteiger partial charge in [-0.2, -0.15) is 0 Å². The maximum Gasteiger partial charge on any atom is 0.264 e. The van der Waals surface area contributed by atoms with Gasteiger partial charge in [0, 0.05) is 6.07 Å². The summed E-state index contributed by atoms with van der Waals surface area (Å²) in [4.78, 5) is 13.1. The number of nitrogens with zero attached hydrogens (tertiary/aromatic N) is 1. The molecular formula is C27H29FN2O6S. The van der Waals surface area contributed by atoms with Gasteiger partial charge in [-0.15, -0.1) is 0 Å². The van der Waals surface area contributed by atoms with E-state index >= 15 is 0 Å². The van der Waals surface area contributed by atoms with Crippen LogP contribution in [-0.4, -0.2) is 42.2 Å². The second kappa shape index (κ2) is 11.1. The van der Waals surface area contributed by atoms with Gasteiger partial charge in [0.1, 0.15) is 18.1 Å². The molecule has 3 aromatic carbocycles. The van der Waals surface area contributed by atoms with E-state index < -0.39 is 28.3 Å². The molecule has 196 valence electrons. The van der Waals surface area contributed by atoms with Crippen LogP contribution >= 0.6 is 0 Å². The summed E-state index contributed by atoms with van der Waals surface area (Å²) in [7, 11) is 0.217. The van der Waals surface area contributed by atoms with Gasteiger partial charge in [0.05, 0.1) is 38.0 Å². The quantitative estimate of drug-likeness (QED) is 0.447. The van der Waals surface area contributed by atoms with Crippen molar-refractivity contribution >= 4 is 21.6 Å². The van der Waals surface area contributed by atoms with Gasteiger partial charge in [-0.3, -0.25) is 9.10 Å². The van der Waals surface area contributed by atoms with Crippen molar-refractivity contribution in [2.24, 2.45) is 0 Å². The summed E-state index contributed by atoms with van der Waals surface area (Å²) in [6.45, 7) is -0.496. The monoisotopic (exact) mass is 528 g/mol. The Labute approximate surface area is 216 Å². The third-order valence-corrected chi connectivity index (χ3v) is 8.11. The Morgan fingerprint density at radius 3 is 2.38 bits per heavy atom. The second-order valence-corrected chi connectivity index (χ2v) is 10.4. The Morgan fingerprint density at radius 1 is 0.973 bits per heavy atom. The summed E-state index contributed by atoms with van der Waals surface area (Å²) in [5.41, 5.74) is 2.22. The van der Waals surface area contributed by atoms with E-state index in [1.165, 1.54) is 44.6 Å². The molecule has 1 amide bonds. The van der Waals surface area contributed by atoms with Crippen LogP contribution in [0, 0.1) is 5.82 Å². The summed E-state index contributed by atoms with van der Waals surface area (Å²) in [5.74, 6) is 0.323. The Morgan fingerprint density at radius 2 is 1.70 bits per heavy atom. The average molecular weight is 529 g/mol. The Bertz CT molecular complexity index is 1380. The van der Waals surface area contributed by atoms with E-state index in [4.69, 9.17) is 14.2 Å². The Hall–Kier alpha value is -3.79. The maximum atomic E-state index is 13.7. The minimum atomic E-state index is -4.23. The van der Waals surface area contributed by atoms with Crippen molar-refractivity contribution in [3.05, 3.63) is 77.6 Å². The zero-order valence-electron chi connectivity index (χ0n) is 20.9. The smallest absolute Gasteiger partial charge is 0.264 e. The first kappa shape index (κ1) is 26.3. The number of nitrogens with one attached hydrogen (secondary N) is 1. The molecule has 10 heteroatoms. The van der Waals surface area contributed by atoms with Crippen molar-refractivity contribution < 1.29 is 31.8 Å². The third kappa shape index (κ3) is 5.64. The van der Waals surface area contributed by atoms with Gasteiger partial charge in [0.25, 0.3) is 10.0 Å². The summed E-state index contributed by atoms with van der Waals surface area (Å²) >= 11 is 0. The normalized spacial score (nSPS) is 14.9. The van der Waals surface area contributed by atoms with Crippen molar-refractivity contribution in [3.63, 3.8) is 0 Å². The van der Waals surface area contributed by atoms with Gasteiger partial charge in [-0.25, -0.2) is 12.8 Å². The van der Waals surface area contributed by atoms with Gasteiger partial charge in [-0.05, 0) is 78.9 Å². The van der Waals surface area contributed by atoms with Crippen molar-refractivity contribution in [2.75, 3.05) is 32.2 Å². The second-order valence-electron chi connectivity index (χ2n) is 8.58. The fourth-order valence-electron chi connectivity index (χ4n) is 4.46. The van der Waals surface area contributed by atoms with Gasteiger partial charge in [-0.1, -0.05) is 6.07 Å². The molecule has 0 radical (unpaired) electrons. The number of sulfonamides is 1. The number of halogens is 1. The first-order valence-electron chi connectivity index (χ1n) is 11.7. The van der Waals surface area contributed by atoms with Crippen LogP contribution in [0.5, 0.6) is 17.2 Å². The number of methoxy groups -OCH3 is 3. The fraction of sp³-hybridized carbons (Fsp3) is 0.296. The minimum Gasteiger partial charge on any atom is -0.497 e. The van der Waals surface area contributed by atoms with Crippen LogP contribution in [0.15, 0.2) is 65.6 Å². The first-order valence-corrected chi connectivity index (χ1v) is 13.2. The van der Waals surface area contributed by atoms with Gasteiger partial charge < -0.3 is 19.5 Å². The Balaban J connectivity index is 1.64. The van der Waals surface area contributed by atoms with E-state index in [-0.39, 0.29) is 22.4 Å². The average Bonchev–Trinajstić information content (AvgIpc) is 2.91. The highest BCUT2D eigenvalue weighted by atomic mass is 32.2. The number of aryl methyl sites for hydroxylation is 1. The van der Waals surface area contributed by atoms with E-state index in [2.05, 4.69) is 5.32 Å². The van der Waals surface area contributed by atoms with E-state index in [0.717, 1.165) is 52.6 Å². The lowest BCUT2D eigenvalue weighted by molar-refractivity contribution is -0.120. The number of carbonyl (C=O) groups is 1. The van der Waals surface area contributed by atoms with Crippen molar-refractivity contribution in [2.45, 2.75) is 30.2 Å². The molecule has 0 aliphatic heterocycles. The highest BCUT2D eigenvalue weighted by Gasteiger charge is 2.30. The predicted octanol–water partition coefficient (Wildman–Crippen LogP) is 4.24. The fourth-order valence-corrected chi connectivity index (χ4v) is 5.90. The molecular weight excluding hydrogens is 499 g/mol. The molecule has 0 bridgehead atoms. The SMILES string of the molecule is COc1ccc2c(c1)CCCC2NC(=O)CN(c1ccc(F)cc1)S(=O)(=O)c1ccc(OC)c(OC)c1. The standard InChI is InChI=1S/C27H29FN2O6S/c1-34-21-11-13-23-18(15-21)5-4-6-24(23)29-27(31)17-30(20-9-7-19(28)8-10-20)37(32,33)22-12-14-25(35-2)26(16-22)36-3/h7-16,24H,4-6,17H2,1-3H3,(H,29,31). The van der Waals surface area contributed by atoms with Crippen LogP contribution in [0.2, 0.25) is 0 Å². The van der Waals surface area contributed by atoms with Crippen LogP contribution in [0.4, 0.5) is 10.1 Å². The van der Waals surface area contributed by atoms with Gasteiger partial charge in [0.15, 0.2) is 11.5 Å². The van der Waals surface area contributed by atoms with E-state index in [0.29, 0.717) is 5.75 Å². The molecule has 8 nitrogen and oxygen atoms in total. The molecule has 0 fully saturated rings.